The number of halogens is 2. The minimum absolute atomic E-state index is 0.188. The zero-order valence-corrected chi connectivity index (χ0v) is 16.4. The number of fused-ring (bicyclic) bond motifs is 1. The number of carbonyl (C=O) groups is 2. The van der Waals surface area contributed by atoms with Crippen molar-refractivity contribution in [2.24, 2.45) is 11.0 Å². The van der Waals surface area contributed by atoms with Crippen LogP contribution in [0.4, 0.5) is 20.2 Å². The first-order valence-corrected chi connectivity index (χ1v) is 9.55. The third-order valence-electron chi connectivity index (χ3n) is 5.17. The smallest absolute Gasteiger partial charge is 0.273 e. The van der Waals surface area contributed by atoms with Gasteiger partial charge in [0.25, 0.3) is 11.8 Å². The predicted molar refractivity (Wildman–Crippen MR) is 112 cm³/mol. The average molecular weight is 410 g/mol. The molecule has 8 heteroatoms. The summed E-state index contributed by atoms with van der Waals surface area (Å²) in [7, 11) is 0. The van der Waals surface area contributed by atoms with E-state index in [2.05, 4.69) is 15.4 Å². The minimum atomic E-state index is -2.99. The molecule has 0 saturated heterocycles. The van der Waals surface area contributed by atoms with Gasteiger partial charge in [-0.2, -0.15) is 10.1 Å². The lowest BCUT2D eigenvalue weighted by atomic mass is 10.0. The van der Waals surface area contributed by atoms with E-state index in [1.165, 1.54) is 36.2 Å². The van der Waals surface area contributed by atoms with Gasteiger partial charge in [-0.3, -0.25) is 9.59 Å². The molecular formula is C22H20F2N4O2. The molecule has 4 rings (SSSR count). The maximum atomic E-state index is 14.0. The van der Waals surface area contributed by atoms with Gasteiger partial charge in [-0.1, -0.05) is 25.1 Å². The molecule has 0 radical (unpaired) electrons. The SMILES string of the molecule is CCC(F)(F)c1cccc(NC(=O)C2C(=O)N(c3ccc4cc[nH]c4c3)N=C2C)c1. The second kappa shape index (κ2) is 7.37. The molecule has 2 amide bonds. The van der Waals surface area contributed by atoms with Crippen molar-refractivity contribution in [3.05, 3.63) is 60.3 Å². The van der Waals surface area contributed by atoms with Crippen molar-refractivity contribution in [3.63, 3.8) is 0 Å². The van der Waals surface area contributed by atoms with E-state index in [0.717, 1.165) is 10.9 Å². The first-order valence-electron chi connectivity index (χ1n) is 9.55. The molecule has 0 bridgehead atoms. The number of amides is 2. The van der Waals surface area contributed by atoms with E-state index in [4.69, 9.17) is 0 Å². The maximum absolute atomic E-state index is 14.0. The Bertz CT molecular complexity index is 1170. The topological polar surface area (TPSA) is 77.6 Å². The first-order chi connectivity index (χ1) is 14.3. The molecule has 1 aromatic heterocycles. The highest BCUT2D eigenvalue weighted by Crippen LogP contribution is 2.33. The number of rotatable bonds is 5. The Labute approximate surface area is 171 Å². The molecule has 2 N–H and O–H groups in total. The molecule has 6 nitrogen and oxygen atoms in total. The van der Waals surface area contributed by atoms with Gasteiger partial charge in [0.1, 0.15) is 0 Å². The lowest BCUT2D eigenvalue weighted by Crippen LogP contribution is -2.36. The summed E-state index contributed by atoms with van der Waals surface area (Å²) in [6, 6.07) is 12.8. The van der Waals surface area contributed by atoms with Gasteiger partial charge in [0.2, 0.25) is 5.91 Å². The standard InChI is InChI=1S/C22H20F2N4O2/c1-3-22(23,24)15-5-4-6-16(11-15)26-20(29)19-13(2)27-28(21(19)30)17-8-7-14-9-10-25-18(14)12-17/h4-12,19,25H,3H2,1-2H3,(H,26,29). The van der Waals surface area contributed by atoms with Crippen LogP contribution in [0.15, 0.2) is 59.8 Å². The lowest BCUT2D eigenvalue weighted by Gasteiger charge is -2.17. The van der Waals surface area contributed by atoms with Crippen molar-refractivity contribution in [3.8, 4) is 0 Å². The Morgan fingerprint density at radius 2 is 2.03 bits per heavy atom. The highest BCUT2D eigenvalue weighted by molar-refractivity contribution is 6.28. The summed E-state index contributed by atoms with van der Waals surface area (Å²) in [5.41, 5.74) is 1.73. The Kier molecular flexibility index (Phi) is 4.85. The number of anilines is 2. The number of hydrogen-bond donors (Lipinski definition) is 2. The maximum Gasteiger partial charge on any atom is 0.273 e. The number of nitrogens with one attached hydrogen (secondary N) is 2. The van der Waals surface area contributed by atoms with E-state index in [0.29, 0.717) is 11.4 Å². The van der Waals surface area contributed by atoms with Crippen LogP contribution in [0.5, 0.6) is 0 Å². The number of carbonyl (C=O) groups excluding carboxylic acids is 2. The molecule has 154 valence electrons. The average Bonchev–Trinajstić information content (AvgIpc) is 3.31. The molecule has 2 aromatic carbocycles. The Hall–Kier alpha value is -3.55. The zero-order valence-electron chi connectivity index (χ0n) is 16.4. The molecule has 1 aliphatic rings. The normalized spacial score (nSPS) is 16.8. The Balaban J connectivity index is 1.55. The van der Waals surface area contributed by atoms with Crippen LogP contribution in [-0.4, -0.2) is 22.5 Å². The molecule has 0 fully saturated rings. The van der Waals surface area contributed by atoms with Gasteiger partial charge in [-0.25, -0.2) is 8.78 Å². The van der Waals surface area contributed by atoms with Crippen molar-refractivity contribution >= 4 is 39.8 Å². The molecule has 3 aromatic rings. The van der Waals surface area contributed by atoms with Crippen molar-refractivity contribution in [2.45, 2.75) is 26.2 Å². The molecule has 2 heterocycles. The Morgan fingerprint density at radius 3 is 2.80 bits per heavy atom. The summed E-state index contributed by atoms with van der Waals surface area (Å²) in [6.07, 6.45) is 1.44. The van der Waals surface area contributed by atoms with Crippen LogP contribution in [0.25, 0.3) is 10.9 Å². The Morgan fingerprint density at radius 1 is 1.23 bits per heavy atom. The van der Waals surface area contributed by atoms with Crippen LogP contribution in [-0.2, 0) is 15.5 Å². The van der Waals surface area contributed by atoms with E-state index in [9.17, 15) is 18.4 Å². The summed E-state index contributed by atoms with van der Waals surface area (Å²) in [5.74, 6) is -5.22. The molecule has 0 spiro atoms. The molecular weight excluding hydrogens is 390 g/mol. The van der Waals surface area contributed by atoms with Crippen molar-refractivity contribution < 1.29 is 18.4 Å². The van der Waals surface area contributed by atoms with E-state index in [1.54, 1.807) is 25.3 Å². The minimum Gasteiger partial charge on any atom is -0.361 e. The van der Waals surface area contributed by atoms with Crippen molar-refractivity contribution in [1.82, 2.24) is 4.98 Å². The molecule has 1 atom stereocenters. The summed E-state index contributed by atoms with van der Waals surface area (Å²) in [4.78, 5) is 28.8. The highest BCUT2D eigenvalue weighted by Gasteiger charge is 2.40. The largest absolute Gasteiger partial charge is 0.361 e. The highest BCUT2D eigenvalue weighted by atomic mass is 19.3. The van der Waals surface area contributed by atoms with Crippen molar-refractivity contribution in [2.75, 3.05) is 10.3 Å². The third kappa shape index (κ3) is 3.45. The van der Waals surface area contributed by atoms with Gasteiger partial charge < -0.3 is 10.3 Å². The number of aromatic amines is 1. The van der Waals surface area contributed by atoms with E-state index in [-0.39, 0.29) is 17.7 Å². The zero-order chi connectivity index (χ0) is 21.5. The number of aromatic nitrogens is 1. The fourth-order valence-corrected chi connectivity index (χ4v) is 3.46. The summed E-state index contributed by atoms with van der Waals surface area (Å²) in [6.45, 7) is 2.98. The first kappa shape index (κ1) is 19.8. The molecule has 0 aliphatic carbocycles. The lowest BCUT2D eigenvalue weighted by molar-refractivity contribution is -0.127. The van der Waals surface area contributed by atoms with Crippen LogP contribution < -0.4 is 10.3 Å². The van der Waals surface area contributed by atoms with Crippen LogP contribution in [0.3, 0.4) is 0 Å². The third-order valence-corrected chi connectivity index (χ3v) is 5.17. The number of hydrogen-bond acceptors (Lipinski definition) is 3. The summed E-state index contributed by atoms with van der Waals surface area (Å²) >= 11 is 0. The van der Waals surface area contributed by atoms with Gasteiger partial charge in [-0.05, 0) is 42.6 Å². The second-order valence-corrected chi connectivity index (χ2v) is 7.20. The summed E-state index contributed by atoms with van der Waals surface area (Å²) in [5, 5.41) is 9.01. The quantitative estimate of drug-likeness (QED) is 0.601. The fraction of sp³-hybridized carbons (Fsp3) is 0.227. The second-order valence-electron chi connectivity index (χ2n) is 7.20. The van der Waals surface area contributed by atoms with Gasteiger partial charge in [0, 0.05) is 29.4 Å². The van der Waals surface area contributed by atoms with Gasteiger partial charge in [-0.15, -0.1) is 0 Å². The van der Waals surface area contributed by atoms with Crippen LogP contribution in [0.1, 0.15) is 25.8 Å². The molecule has 30 heavy (non-hydrogen) atoms. The number of H-pyrrole nitrogens is 1. The number of nitrogens with zero attached hydrogens (tertiary/aromatic N) is 2. The van der Waals surface area contributed by atoms with Gasteiger partial charge >= 0.3 is 0 Å². The van der Waals surface area contributed by atoms with E-state index in [1.807, 2.05) is 12.1 Å². The summed E-state index contributed by atoms with van der Waals surface area (Å²) < 4.78 is 27.9. The van der Waals surface area contributed by atoms with Crippen LogP contribution in [0, 0.1) is 5.92 Å². The predicted octanol–water partition coefficient (Wildman–Crippen LogP) is 4.65. The van der Waals surface area contributed by atoms with Crippen LogP contribution in [0.2, 0.25) is 0 Å². The molecule has 0 saturated carbocycles. The monoisotopic (exact) mass is 410 g/mol. The van der Waals surface area contributed by atoms with Crippen LogP contribution >= 0.6 is 0 Å². The molecule has 1 aliphatic heterocycles. The van der Waals surface area contributed by atoms with E-state index < -0.39 is 23.7 Å². The molecule has 1 unspecified atom stereocenters. The van der Waals surface area contributed by atoms with Crippen molar-refractivity contribution in [1.29, 1.82) is 0 Å². The fourth-order valence-electron chi connectivity index (χ4n) is 3.46. The number of hydrazone groups is 1. The number of benzene rings is 2. The van der Waals surface area contributed by atoms with Gasteiger partial charge in [0.05, 0.1) is 11.4 Å². The number of alkyl halides is 2. The van der Waals surface area contributed by atoms with Gasteiger partial charge in [0.15, 0.2) is 5.92 Å². The van der Waals surface area contributed by atoms with E-state index >= 15 is 0 Å².